The van der Waals surface area contributed by atoms with E-state index in [9.17, 15) is 18.0 Å². The molecule has 2 aliphatic rings. The van der Waals surface area contributed by atoms with Gasteiger partial charge in [0.25, 0.3) is 0 Å². The number of halogens is 4. The average Bonchev–Trinajstić information content (AvgIpc) is 3.53. The number of carbonyl (C=O) groups is 1. The SMILES string of the molecule is Cc1nnc2n1-c1sc3c(c1[C@H](c1ccccc1Cl)NC2)C[C@H](C(=O)NCc1cnc(C(F)(F)F)nc1)C3. The van der Waals surface area contributed by atoms with Gasteiger partial charge in [-0.15, -0.1) is 21.5 Å². The lowest BCUT2D eigenvalue weighted by Crippen LogP contribution is -2.31. The van der Waals surface area contributed by atoms with Gasteiger partial charge < -0.3 is 5.32 Å². The third kappa shape index (κ3) is 4.36. The normalized spacial score (nSPS) is 18.4. The summed E-state index contributed by atoms with van der Waals surface area (Å²) in [6.45, 7) is 2.47. The predicted octanol–water partition coefficient (Wildman–Crippen LogP) is 4.32. The molecule has 0 saturated heterocycles. The standard InChI is InChI=1S/C25H21ClF3N7OS/c1-12-34-35-19-11-30-21(15-4-2-3-5-17(15)26)20-16-6-14(7-18(16)38-23(20)36(12)19)22(37)31-8-13-9-32-24(33-10-13)25(27,28)29/h2-5,9-10,14,21,30H,6-8,11H2,1H3,(H,31,37)/t14-,21-/m0/s1. The van der Waals surface area contributed by atoms with Crippen molar-refractivity contribution < 1.29 is 18.0 Å². The second-order valence-electron chi connectivity index (χ2n) is 9.29. The second-order valence-corrected chi connectivity index (χ2v) is 10.8. The molecule has 1 aliphatic heterocycles. The lowest BCUT2D eigenvalue weighted by Gasteiger charge is -2.20. The number of aromatic nitrogens is 5. The number of nitrogens with one attached hydrogen (secondary N) is 2. The highest BCUT2D eigenvalue weighted by molar-refractivity contribution is 7.15. The van der Waals surface area contributed by atoms with Crippen LogP contribution in [0.25, 0.3) is 5.00 Å². The number of benzene rings is 1. The smallest absolute Gasteiger partial charge is 0.352 e. The van der Waals surface area contributed by atoms with E-state index in [1.807, 2.05) is 31.2 Å². The molecular formula is C25H21ClF3N7OS. The molecule has 4 heterocycles. The molecule has 3 aromatic heterocycles. The van der Waals surface area contributed by atoms with Gasteiger partial charge in [0.2, 0.25) is 11.7 Å². The van der Waals surface area contributed by atoms with Gasteiger partial charge >= 0.3 is 6.18 Å². The molecule has 4 aromatic rings. The number of rotatable bonds is 4. The van der Waals surface area contributed by atoms with Crippen molar-refractivity contribution in [2.45, 2.75) is 45.1 Å². The van der Waals surface area contributed by atoms with Crippen LogP contribution in [0.3, 0.4) is 0 Å². The van der Waals surface area contributed by atoms with Crippen molar-refractivity contribution in [3.05, 3.63) is 86.3 Å². The molecule has 6 rings (SSSR count). The molecule has 2 atom stereocenters. The highest BCUT2D eigenvalue weighted by Gasteiger charge is 2.38. The van der Waals surface area contributed by atoms with Crippen LogP contribution in [0.5, 0.6) is 0 Å². The number of fused-ring (bicyclic) bond motifs is 5. The Balaban J connectivity index is 1.26. The molecule has 1 aromatic carbocycles. The van der Waals surface area contributed by atoms with Crippen LogP contribution in [-0.4, -0.2) is 30.6 Å². The Kier molecular flexibility index (Phi) is 6.20. The van der Waals surface area contributed by atoms with Crippen LogP contribution in [0.4, 0.5) is 13.2 Å². The molecule has 0 saturated carbocycles. The zero-order valence-corrected chi connectivity index (χ0v) is 21.6. The molecular weight excluding hydrogens is 539 g/mol. The molecule has 8 nitrogen and oxygen atoms in total. The lowest BCUT2D eigenvalue weighted by molar-refractivity contribution is -0.145. The number of amides is 1. The summed E-state index contributed by atoms with van der Waals surface area (Å²) in [5.41, 5.74) is 3.53. The number of carbonyl (C=O) groups excluding carboxylic acids is 1. The first-order valence-electron chi connectivity index (χ1n) is 11.9. The minimum absolute atomic E-state index is 0.0479. The molecule has 0 unspecified atom stereocenters. The maximum Gasteiger partial charge on any atom is 0.451 e. The van der Waals surface area contributed by atoms with Crippen LogP contribution in [0.2, 0.25) is 5.02 Å². The fraction of sp³-hybridized carbons (Fsp3) is 0.320. The van der Waals surface area contributed by atoms with E-state index in [-0.39, 0.29) is 24.4 Å². The van der Waals surface area contributed by atoms with Crippen LogP contribution in [0, 0.1) is 12.8 Å². The van der Waals surface area contributed by atoms with E-state index in [0.717, 1.165) is 50.6 Å². The quantitative estimate of drug-likeness (QED) is 0.386. The number of hydrogen-bond donors (Lipinski definition) is 2. The van der Waals surface area contributed by atoms with Gasteiger partial charge in [0.1, 0.15) is 10.8 Å². The fourth-order valence-corrected chi connectivity index (χ4v) is 6.83. The van der Waals surface area contributed by atoms with Gasteiger partial charge in [-0.1, -0.05) is 29.8 Å². The molecule has 1 amide bonds. The topological polar surface area (TPSA) is 97.6 Å². The first-order valence-corrected chi connectivity index (χ1v) is 13.1. The largest absolute Gasteiger partial charge is 0.451 e. The summed E-state index contributed by atoms with van der Waals surface area (Å²) >= 11 is 8.25. The molecule has 0 fully saturated rings. The molecule has 196 valence electrons. The summed E-state index contributed by atoms with van der Waals surface area (Å²) in [6.07, 6.45) is -1.34. The van der Waals surface area contributed by atoms with Crippen molar-refractivity contribution >= 4 is 28.8 Å². The first kappa shape index (κ1) is 25.0. The van der Waals surface area contributed by atoms with E-state index >= 15 is 0 Å². The molecule has 13 heteroatoms. The molecule has 2 N–H and O–H groups in total. The van der Waals surface area contributed by atoms with Crippen LogP contribution in [-0.2, 0) is 36.9 Å². The number of nitrogens with zero attached hydrogens (tertiary/aromatic N) is 5. The van der Waals surface area contributed by atoms with Gasteiger partial charge in [-0.3, -0.25) is 14.7 Å². The Hall–Kier alpha value is -3.35. The van der Waals surface area contributed by atoms with Crippen molar-refractivity contribution in [1.29, 1.82) is 0 Å². The Morgan fingerprint density at radius 2 is 1.97 bits per heavy atom. The predicted molar refractivity (Wildman–Crippen MR) is 134 cm³/mol. The van der Waals surface area contributed by atoms with E-state index in [1.165, 1.54) is 0 Å². The molecule has 0 spiro atoms. The van der Waals surface area contributed by atoms with E-state index in [2.05, 4.69) is 35.4 Å². The number of alkyl halides is 3. The summed E-state index contributed by atoms with van der Waals surface area (Å²) < 4.78 is 40.2. The van der Waals surface area contributed by atoms with Gasteiger partial charge in [-0.05, 0) is 37.0 Å². The molecule has 0 bridgehead atoms. The van der Waals surface area contributed by atoms with E-state index < -0.39 is 12.0 Å². The summed E-state index contributed by atoms with van der Waals surface area (Å²) in [7, 11) is 0. The molecule has 38 heavy (non-hydrogen) atoms. The number of hydrogen-bond acceptors (Lipinski definition) is 7. The summed E-state index contributed by atoms with van der Waals surface area (Å²) in [5, 5.41) is 16.7. The van der Waals surface area contributed by atoms with Crippen molar-refractivity contribution in [2.75, 3.05) is 0 Å². The third-order valence-corrected chi connectivity index (χ3v) is 8.45. The minimum atomic E-state index is -4.61. The van der Waals surface area contributed by atoms with E-state index in [1.54, 1.807) is 11.3 Å². The lowest BCUT2D eigenvalue weighted by atomic mass is 9.95. The zero-order valence-electron chi connectivity index (χ0n) is 20.0. The maximum atomic E-state index is 13.1. The van der Waals surface area contributed by atoms with Gasteiger partial charge in [-0.2, -0.15) is 13.2 Å². The Bertz CT molecular complexity index is 1530. The highest BCUT2D eigenvalue weighted by atomic mass is 35.5. The summed E-state index contributed by atoms with van der Waals surface area (Å²) in [5.74, 6) is -0.0728. The Morgan fingerprint density at radius 3 is 2.71 bits per heavy atom. The van der Waals surface area contributed by atoms with Crippen LogP contribution < -0.4 is 10.6 Å². The summed E-state index contributed by atoms with van der Waals surface area (Å²) in [6, 6.07) is 7.52. The Labute approximate surface area is 224 Å². The fourth-order valence-electron chi connectivity index (χ4n) is 5.07. The van der Waals surface area contributed by atoms with Crippen molar-refractivity contribution in [2.24, 2.45) is 5.92 Å². The Morgan fingerprint density at radius 1 is 1.21 bits per heavy atom. The van der Waals surface area contributed by atoms with Crippen LogP contribution >= 0.6 is 22.9 Å². The molecule has 1 aliphatic carbocycles. The van der Waals surface area contributed by atoms with Crippen molar-refractivity contribution in [1.82, 2.24) is 35.4 Å². The number of aryl methyl sites for hydroxylation is 1. The van der Waals surface area contributed by atoms with Gasteiger partial charge in [0.15, 0.2) is 5.82 Å². The van der Waals surface area contributed by atoms with E-state index in [4.69, 9.17) is 11.6 Å². The minimum Gasteiger partial charge on any atom is -0.352 e. The monoisotopic (exact) mass is 559 g/mol. The van der Waals surface area contributed by atoms with Crippen LogP contribution in [0.15, 0.2) is 36.7 Å². The van der Waals surface area contributed by atoms with Crippen LogP contribution in [0.1, 0.15) is 50.6 Å². The maximum absolute atomic E-state index is 13.1. The van der Waals surface area contributed by atoms with E-state index in [0.29, 0.717) is 30.0 Å². The number of thiophene rings is 1. The molecule has 0 radical (unpaired) electrons. The third-order valence-electron chi connectivity index (χ3n) is 6.85. The highest BCUT2D eigenvalue weighted by Crippen LogP contribution is 2.46. The first-order chi connectivity index (χ1) is 18.2. The van der Waals surface area contributed by atoms with Gasteiger partial charge in [0, 0.05) is 45.9 Å². The summed E-state index contributed by atoms with van der Waals surface area (Å²) in [4.78, 5) is 20.9. The van der Waals surface area contributed by atoms with Crippen molar-refractivity contribution in [3.8, 4) is 5.00 Å². The zero-order chi connectivity index (χ0) is 26.6. The average molecular weight is 560 g/mol. The van der Waals surface area contributed by atoms with Gasteiger partial charge in [0.05, 0.1) is 12.6 Å². The van der Waals surface area contributed by atoms with Crippen molar-refractivity contribution in [3.63, 3.8) is 0 Å². The van der Waals surface area contributed by atoms with Gasteiger partial charge in [-0.25, -0.2) is 9.97 Å². The second kappa shape index (κ2) is 9.44.